The van der Waals surface area contributed by atoms with E-state index in [1.807, 2.05) is 24.9 Å². The summed E-state index contributed by atoms with van der Waals surface area (Å²) in [5, 5.41) is 9.08. The molecule has 0 aliphatic rings. The van der Waals surface area contributed by atoms with Gasteiger partial charge in [0.2, 0.25) is 0 Å². The summed E-state index contributed by atoms with van der Waals surface area (Å²) < 4.78 is 1.85. The van der Waals surface area contributed by atoms with Crippen LogP contribution in [0.4, 0.5) is 0 Å². The van der Waals surface area contributed by atoms with Gasteiger partial charge in [-0.15, -0.1) is 0 Å². The molecule has 0 aliphatic heterocycles. The summed E-state index contributed by atoms with van der Waals surface area (Å²) in [6, 6.07) is 3.62. The van der Waals surface area contributed by atoms with E-state index in [1.54, 1.807) is 12.1 Å². The molecule has 0 saturated heterocycles. The van der Waals surface area contributed by atoms with Gasteiger partial charge in [-0.1, -0.05) is 13.8 Å². The minimum atomic E-state index is -0.866. The number of aromatic nitrogens is 1. The fourth-order valence-electron chi connectivity index (χ4n) is 1.86. The number of hydrogen-bond donors (Lipinski definition) is 1. The summed E-state index contributed by atoms with van der Waals surface area (Å²) in [5.41, 5.74) is 0.362. The molecule has 1 atom stereocenters. The zero-order valence-corrected chi connectivity index (χ0v) is 10.3. The molecule has 0 spiro atoms. The molecule has 0 aromatic carbocycles. The molecule has 1 N–H and O–H groups in total. The fourth-order valence-corrected chi connectivity index (χ4v) is 1.86. The Morgan fingerprint density at radius 1 is 1.50 bits per heavy atom. The Labute approximate surface area is 96.5 Å². The van der Waals surface area contributed by atoms with E-state index in [4.69, 9.17) is 5.11 Å². The number of hydrogen-bond acceptors (Lipinski definition) is 2. The van der Waals surface area contributed by atoms with Crippen molar-refractivity contribution in [3.8, 4) is 0 Å². The summed E-state index contributed by atoms with van der Waals surface area (Å²) in [5.74, 6) is -0.470. The largest absolute Gasteiger partial charge is 0.477 e. The predicted molar refractivity (Wildman–Crippen MR) is 63.8 cm³/mol. The molecule has 4 nitrogen and oxygen atoms in total. The Kier molecular flexibility index (Phi) is 4.12. The molecule has 0 saturated carbocycles. The molecule has 0 amide bonds. The number of carboxylic acids is 1. The maximum Gasteiger partial charge on any atom is 0.352 e. The molecular weight excluding hydrogens is 204 g/mol. The summed E-state index contributed by atoms with van der Waals surface area (Å²) in [7, 11) is 4.00. The molecular formula is C12H20N2O2. The van der Waals surface area contributed by atoms with E-state index < -0.39 is 5.97 Å². The van der Waals surface area contributed by atoms with Gasteiger partial charge in [0.05, 0.1) is 0 Å². The first-order valence-corrected chi connectivity index (χ1v) is 5.48. The highest BCUT2D eigenvalue weighted by Crippen LogP contribution is 2.21. The van der Waals surface area contributed by atoms with Gasteiger partial charge in [0.1, 0.15) is 5.69 Å². The Morgan fingerprint density at radius 2 is 2.12 bits per heavy atom. The van der Waals surface area contributed by atoms with Crippen LogP contribution in [0.2, 0.25) is 0 Å². The number of aromatic carboxylic acids is 1. The Balaban J connectivity index is 3.01. The lowest BCUT2D eigenvalue weighted by atomic mass is 10.0. The molecule has 1 aromatic heterocycles. The normalized spacial score (nSPS) is 13.4. The predicted octanol–water partition coefficient (Wildman–Crippen LogP) is 1.95. The summed E-state index contributed by atoms with van der Waals surface area (Å²) in [6.07, 6.45) is 1.84. The maximum absolute atomic E-state index is 11.1. The molecule has 0 bridgehead atoms. The van der Waals surface area contributed by atoms with Crippen molar-refractivity contribution in [2.75, 3.05) is 20.6 Å². The van der Waals surface area contributed by atoms with Gasteiger partial charge in [-0.3, -0.25) is 0 Å². The summed E-state index contributed by atoms with van der Waals surface area (Å²) in [6.45, 7) is 5.06. The molecule has 1 rings (SSSR count). The molecule has 0 aliphatic carbocycles. The van der Waals surface area contributed by atoms with Gasteiger partial charge < -0.3 is 14.6 Å². The van der Waals surface area contributed by atoms with E-state index in [9.17, 15) is 4.79 Å². The molecule has 0 fully saturated rings. The first-order valence-electron chi connectivity index (χ1n) is 5.48. The van der Waals surface area contributed by atoms with Crippen LogP contribution in [-0.4, -0.2) is 41.2 Å². The minimum absolute atomic E-state index is 0.191. The maximum atomic E-state index is 11.1. The van der Waals surface area contributed by atoms with Gasteiger partial charge in [-0.05, 0) is 32.1 Å². The van der Waals surface area contributed by atoms with Gasteiger partial charge in [0, 0.05) is 18.8 Å². The van der Waals surface area contributed by atoms with Crippen molar-refractivity contribution in [1.82, 2.24) is 9.47 Å². The van der Waals surface area contributed by atoms with E-state index in [-0.39, 0.29) is 6.04 Å². The lowest BCUT2D eigenvalue weighted by Crippen LogP contribution is -2.29. The van der Waals surface area contributed by atoms with Crippen molar-refractivity contribution in [3.05, 3.63) is 24.0 Å². The zero-order chi connectivity index (χ0) is 12.3. The number of likely N-dealkylation sites (N-methyl/N-ethyl adjacent to an activating group) is 1. The van der Waals surface area contributed by atoms with E-state index in [1.165, 1.54) is 0 Å². The molecule has 0 radical (unpaired) electrons. The lowest BCUT2D eigenvalue weighted by molar-refractivity contribution is 0.0679. The van der Waals surface area contributed by atoms with Crippen LogP contribution in [0.1, 0.15) is 30.4 Å². The highest BCUT2D eigenvalue weighted by Gasteiger charge is 2.20. The Bertz CT molecular complexity index is 356. The molecule has 90 valence electrons. The number of carbonyl (C=O) groups is 1. The minimum Gasteiger partial charge on any atom is -0.477 e. The van der Waals surface area contributed by atoms with E-state index in [0.29, 0.717) is 11.6 Å². The fraction of sp³-hybridized carbons (Fsp3) is 0.583. The second kappa shape index (κ2) is 5.16. The first-order chi connectivity index (χ1) is 7.43. The number of rotatable bonds is 5. The van der Waals surface area contributed by atoms with E-state index in [2.05, 4.69) is 18.7 Å². The van der Waals surface area contributed by atoms with Gasteiger partial charge in [-0.2, -0.15) is 0 Å². The summed E-state index contributed by atoms with van der Waals surface area (Å²) in [4.78, 5) is 13.1. The zero-order valence-electron chi connectivity index (χ0n) is 10.3. The van der Waals surface area contributed by atoms with Crippen LogP contribution in [0.5, 0.6) is 0 Å². The van der Waals surface area contributed by atoms with Crippen LogP contribution in [0.3, 0.4) is 0 Å². The van der Waals surface area contributed by atoms with Gasteiger partial charge in [0.25, 0.3) is 0 Å². The first kappa shape index (κ1) is 12.8. The van der Waals surface area contributed by atoms with Crippen molar-refractivity contribution in [3.63, 3.8) is 0 Å². The third-order valence-corrected chi connectivity index (χ3v) is 2.68. The quantitative estimate of drug-likeness (QED) is 0.831. The van der Waals surface area contributed by atoms with Gasteiger partial charge in [-0.25, -0.2) is 4.79 Å². The van der Waals surface area contributed by atoms with Crippen LogP contribution in [0.15, 0.2) is 18.3 Å². The number of carboxylic acid groups (broad SMARTS) is 1. The topological polar surface area (TPSA) is 45.5 Å². The molecule has 1 heterocycles. The highest BCUT2D eigenvalue weighted by atomic mass is 16.4. The highest BCUT2D eigenvalue weighted by molar-refractivity contribution is 5.85. The monoisotopic (exact) mass is 224 g/mol. The number of nitrogens with zero attached hydrogens (tertiary/aromatic N) is 2. The van der Waals surface area contributed by atoms with Crippen molar-refractivity contribution < 1.29 is 9.90 Å². The molecule has 16 heavy (non-hydrogen) atoms. The SMILES string of the molecule is CC(C)C(CN(C)C)n1cccc1C(=O)O. The average molecular weight is 224 g/mol. The van der Waals surface area contributed by atoms with Gasteiger partial charge >= 0.3 is 5.97 Å². The van der Waals surface area contributed by atoms with E-state index in [0.717, 1.165) is 6.54 Å². The van der Waals surface area contributed by atoms with Crippen molar-refractivity contribution in [1.29, 1.82) is 0 Å². The van der Waals surface area contributed by atoms with Gasteiger partial charge in [0.15, 0.2) is 0 Å². The standard InChI is InChI=1S/C12H20N2O2/c1-9(2)11(8-13(3)4)14-7-5-6-10(14)12(15)16/h5-7,9,11H,8H2,1-4H3,(H,15,16). The third-order valence-electron chi connectivity index (χ3n) is 2.68. The van der Waals surface area contributed by atoms with Crippen LogP contribution >= 0.6 is 0 Å². The van der Waals surface area contributed by atoms with Crippen LogP contribution < -0.4 is 0 Å². The second-order valence-corrected chi connectivity index (χ2v) is 4.68. The summed E-state index contributed by atoms with van der Waals surface area (Å²) >= 11 is 0. The smallest absolute Gasteiger partial charge is 0.352 e. The van der Waals surface area contributed by atoms with E-state index >= 15 is 0 Å². The van der Waals surface area contributed by atoms with Crippen molar-refractivity contribution in [2.24, 2.45) is 5.92 Å². The Morgan fingerprint density at radius 3 is 2.56 bits per heavy atom. The molecule has 1 unspecified atom stereocenters. The van der Waals surface area contributed by atoms with Crippen LogP contribution in [-0.2, 0) is 0 Å². The van der Waals surface area contributed by atoms with Crippen LogP contribution in [0.25, 0.3) is 0 Å². The van der Waals surface area contributed by atoms with Crippen LogP contribution in [0, 0.1) is 5.92 Å². The third kappa shape index (κ3) is 2.85. The average Bonchev–Trinajstić information content (AvgIpc) is 2.61. The second-order valence-electron chi connectivity index (χ2n) is 4.68. The van der Waals surface area contributed by atoms with Crippen molar-refractivity contribution >= 4 is 5.97 Å². The molecule has 1 aromatic rings. The lowest BCUT2D eigenvalue weighted by Gasteiger charge is -2.27. The van der Waals surface area contributed by atoms with Crippen molar-refractivity contribution in [2.45, 2.75) is 19.9 Å². The Hall–Kier alpha value is -1.29. The molecule has 4 heteroatoms.